The van der Waals surface area contributed by atoms with Gasteiger partial charge in [0.2, 0.25) is 0 Å². The summed E-state index contributed by atoms with van der Waals surface area (Å²) in [5, 5.41) is 0.510. The normalized spacial score (nSPS) is 10.3. The zero-order chi connectivity index (χ0) is 14.5. The molecule has 0 atom stereocenters. The molecule has 0 aliphatic rings. The second kappa shape index (κ2) is 6.33. The molecular weight excluding hydrogens is 284 g/mol. The first kappa shape index (κ1) is 13.5. The van der Waals surface area contributed by atoms with Crippen molar-refractivity contribution >= 4 is 23.0 Å². The van der Waals surface area contributed by atoms with Gasteiger partial charge < -0.3 is 4.90 Å². The highest BCUT2D eigenvalue weighted by molar-refractivity contribution is 6.30. The molecule has 0 N–H and O–H groups in total. The minimum absolute atomic E-state index is 0.510. The minimum Gasteiger partial charge on any atom is -0.334 e. The third-order valence-corrected chi connectivity index (χ3v) is 3.42. The zero-order valence-corrected chi connectivity index (χ0v) is 12.0. The Hall–Kier alpha value is -2.46. The van der Waals surface area contributed by atoms with Crippen LogP contribution >= 0.6 is 11.6 Å². The molecule has 0 saturated carbocycles. The van der Waals surface area contributed by atoms with Crippen LogP contribution in [0.3, 0.4) is 0 Å². The summed E-state index contributed by atoms with van der Waals surface area (Å²) < 4.78 is 0. The molecule has 3 aromatic heterocycles. The second-order valence-electron chi connectivity index (χ2n) is 4.46. The lowest BCUT2D eigenvalue weighted by atomic mass is 10.2. The molecule has 3 heterocycles. The monoisotopic (exact) mass is 296 g/mol. The lowest BCUT2D eigenvalue weighted by Gasteiger charge is -2.24. The maximum atomic E-state index is 6.17. The quantitative estimate of drug-likeness (QED) is 0.686. The van der Waals surface area contributed by atoms with Gasteiger partial charge in [0, 0.05) is 24.2 Å². The van der Waals surface area contributed by atoms with Crippen molar-refractivity contribution in [1.82, 2.24) is 15.0 Å². The highest BCUT2D eigenvalue weighted by Crippen LogP contribution is 2.27. The van der Waals surface area contributed by atoms with Crippen molar-refractivity contribution in [3.63, 3.8) is 0 Å². The Balaban J connectivity index is 1.99. The van der Waals surface area contributed by atoms with Crippen LogP contribution in [0, 0.1) is 0 Å². The van der Waals surface area contributed by atoms with E-state index in [4.69, 9.17) is 11.6 Å². The van der Waals surface area contributed by atoms with Crippen molar-refractivity contribution in [3.05, 3.63) is 78.1 Å². The van der Waals surface area contributed by atoms with E-state index in [1.165, 1.54) is 0 Å². The Bertz CT molecular complexity index is 664. The van der Waals surface area contributed by atoms with Gasteiger partial charge in [-0.3, -0.25) is 9.97 Å². The smallest absolute Gasteiger partial charge is 0.133 e. The van der Waals surface area contributed by atoms with Gasteiger partial charge in [-0.15, -0.1) is 0 Å². The molecule has 0 aromatic carbocycles. The Kier molecular flexibility index (Phi) is 4.07. The van der Waals surface area contributed by atoms with Gasteiger partial charge in [-0.2, -0.15) is 0 Å². The van der Waals surface area contributed by atoms with Crippen molar-refractivity contribution in [2.24, 2.45) is 0 Å². The summed E-state index contributed by atoms with van der Waals surface area (Å²) in [7, 11) is 0. The third-order valence-electron chi connectivity index (χ3n) is 3.08. The first-order chi connectivity index (χ1) is 10.3. The van der Waals surface area contributed by atoms with E-state index in [2.05, 4.69) is 19.9 Å². The number of aromatic nitrogens is 3. The van der Waals surface area contributed by atoms with Crippen molar-refractivity contribution in [2.75, 3.05) is 4.90 Å². The third kappa shape index (κ3) is 3.17. The van der Waals surface area contributed by atoms with Gasteiger partial charge in [0.15, 0.2) is 0 Å². The first-order valence-corrected chi connectivity index (χ1v) is 6.89. The van der Waals surface area contributed by atoms with Gasteiger partial charge in [0.05, 0.1) is 30.3 Å². The van der Waals surface area contributed by atoms with E-state index in [1.54, 1.807) is 18.6 Å². The first-order valence-electron chi connectivity index (χ1n) is 6.51. The predicted molar refractivity (Wildman–Crippen MR) is 83.6 cm³/mol. The fourth-order valence-electron chi connectivity index (χ4n) is 2.07. The van der Waals surface area contributed by atoms with E-state index in [9.17, 15) is 0 Å². The average Bonchev–Trinajstić information content (AvgIpc) is 2.56. The molecule has 0 aliphatic heterocycles. The van der Waals surface area contributed by atoms with Crippen LogP contribution in [0.5, 0.6) is 0 Å². The Morgan fingerprint density at radius 2 is 1.48 bits per heavy atom. The van der Waals surface area contributed by atoms with Crippen molar-refractivity contribution < 1.29 is 0 Å². The molecule has 0 amide bonds. The second-order valence-corrected chi connectivity index (χ2v) is 4.82. The molecule has 3 aromatic rings. The summed E-state index contributed by atoms with van der Waals surface area (Å²) in [6.45, 7) is 0.601. The molecule has 0 radical (unpaired) electrons. The molecule has 0 saturated heterocycles. The number of nitrogens with zero attached hydrogens (tertiary/aromatic N) is 4. The molecule has 5 heteroatoms. The highest BCUT2D eigenvalue weighted by atomic mass is 35.5. The summed E-state index contributed by atoms with van der Waals surface area (Å²) in [6, 6.07) is 11.7. The highest BCUT2D eigenvalue weighted by Gasteiger charge is 2.12. The molecule has 0 bridgehead atoms. The van der Waals surface area contributed by atoms with Gasteiger partial charge in [0.25, 0.3) is 0 Å². The zero-order valence-electron chi connectivity index (χ0n) is 11.2. The SMILES string of the molecule is Clc1ncccc1CN(c1cccnc1)c1cccnc1. The number of pyridine rings is 3. The van der Waals surface area contributed by atoms with Crippen LogP contribution in [0.15, 0.2) is 67.4 Å². The number of anilines is 2. The fourth-order valence-corrected chi connectivity index (χ4v) is 2.25. The van der Waals surface area contributed by atoms with Gasteiger partial charge in [0.1, 0.15) is 5.15 Å². The molecule has 4 nitrogen and oxygen atoms in total. The standard InChI is InChI=1S/C16H13ClN4/c17-16-13(4-1-9-20-16)12-21(14-5-2-7-18-10-14)15-6-3-8-19-11-15/h1-11H,12H2. The van der Waals surface area contributed by atoms with Crippen LogP contribution in [-0.2, 0) is 6.54 Å². The summed E-state index contributed by atoms with van der Waals surface area (Å²) in [5.74, 6) is 0. The van der Waals surface area contributed by atoms with Crippen molar-refractivity contribution in [1.29, 1.82) is 0 Å². The van der Waals surface area contributed by atoms with Crippen molar-refractivity contribution in [3.8, 4) is 0 Å². The molecule has 21 heavy (non-hydrogen) atoms. The lowest BCUT2D eigenvalue weighted by molar-refractivity contribution is 0.953. The lowest BCUT2D eigenvalue weighted by Crippen LogP contribution is -2.17. The van der Waals surface area contributed by atoms with Crippen molar-refractivity contribution in [2.45, 2.75) is 6.54 Å². The summed E-state index contributed by atoms with van der Waals surface area (Å²) in [4.78, 5) is 14.6. The van der Waals surface area contributed by atoms with Crippen LogP contribution in [-0.4, -0.2) is 15.0 Å². The van der Waals surface area contributed by atoms with E-state index < -0.39 is 0 Å². The fraction of sp³-hybridized carbons (Fsp3) is 0.0625. The Labute approximate surface area is 128 Å². The maximum Gasteiger partial charge on any atom is 0.133 e. The van der Waals surface area contributed by atoms with E-state index >= 15 is 0 Å². The molecule has 0 spiro atoms. The summed E-state index contributed by atoms with van der Waals surface area (Å²) >= 11 is 6.17. The number of rotatable bonds is 4. The summed E-state index contributed by atoms with van der Waals surface area (Å²) in [5.41, 5.74) is 2.91. The number of halogens is 1. The van der Waals surface area contributed by atoms with Crippen LogP contribution in [0.25, 0.3) is 0 Å². The predicted octanol–water partition coefficient (Wildman–Crippen LogP) is 3.86. The van der Waals surface area contributed by atoms with Crippen LogP contribution in [0.1, 0.15) is 5.56 Å². The molecule has 0 aliphatic carbocycles. The van der Waals surface area contributed by atoms with Gasteiger partial charge in [-0.05, 0) is 30.3 Å². The molecule has 0 fully saturated rings. The molecular formula is C16H13ClN4. The van der Waals surface area contributed by atoms with E-state index in [0.29, 0.717) is 11.7 Å². The average molecular weight is 297 g/mol. The van der Waals surface area contributed by atoms with E-state index in [1.807, 2.05) is 48.8 Å². The van der Waals surface area contributed by atoms with E-state index in [0.717, 1.165) is 16.9 Å². The number of hydrogen-bond acceptors (Lipinski definition) is 4. The molecule has 104 valence electrons. The Morgan fingerprint density at radius 3 is 2.00 bits per heavy atom. The number of hydrogen-bond donors (Lipinski definition) is 0. The largest absolute Gasteiger partial charge is 0.334 e. The minimum atomic E-state index is 0.510. The molecule has 3 rings (SSSR count). The van der Waals surface area contributed by atoms with Crippen LogP contribution < -0.4 is 4.90 Å². The van der Waals surface area contributed by atoms with Gasteiger partial charge >= 0.3 is 0 Å². The van der Waals surface area contributed by atoms with Gasteiger partial charge in [-0.1, -0.05) is 17.7 Å². The van der Waals surface area contributed by atoms with Crippen LogP contribution in [0.4, 0.5) is 11.4 Å². The Morgan fingerprint density at radius 1 is 0.857 bits per heavy atom. The van der Waals surface area contributed by atoms with Gasteiger partial charge in [-0.25, -0.2) is 4.98 Å². The molecule has 0 unspecified atom stereocenters. The maximum absolute atomic E-state index is 6.17. The topological polar surface area (TPSA) is 41.9 Å². The van der Waals surface area contributed by atoms with E-state index in [-0.39, 0.29) is 0 Å². The van der Waals surface area contributed by atoms with Crippen LogP contribution in [0.2, 0.25) is 5.15 Å². The summed E-state index contributed by atoms with van der Waals surface area (Å²) in [6.07, 6.45) is 8.82.